The van der Waals surface area contributed by atoms with E-state index in [0.29, 0.717) is 22.2 Å². The van der Waals surface area contributed by atoms with Gasteiger partial charge in [-0.3, -0.25) is 10.2 Å². The minimum absolute atomic E-state index is 0.204. The lowest BCUT2D eigenvalue weighted by atomic mass is 10.2. The van der Waals surface area contributed by atoms with Gasteiger partial charge in [-0.25, -0.2) is 4.79 Å². The first kappa shape index (κ1) is 14.2. The van der Waals surface area contributed by atoms with Crippen molar-refractivity contribution in [3.05, 3.63) is 53.1 Å². The number of hydrogen-bond donors (Lipinski definition) is 1. The fourth-order valence-electron chi connectivity index (χ4n) is 1.80. The number of nitrogens with one attached hydrogen (secondary N) is 1. The average Bonchev–Trinajstić information content (AvgIpc) is 2.97. The molecule has 7 heteroatoms. The lowest BCUT2D eigenvalue weighted by Gasteiger charge is -2.02. The molecule has 0 radical (unpaired) electrons. The van der Waals surface area contributed by atoms with E-state index in [1.54, 1.807) is 42.5 Å². The number of anilines is 1. The van der Waals surface area contributed by atoms with Crippen molar-refractivity contribution in [3.8, 4) is 11.5 Å². The lowest BCUT2D eigenvalue weighted by molar-refractivity contribution is 0.167. The number of nitrogens with zero attached hydrogens (tertiary/aromatic N) is 1. The second kappa shape index (κ2) is 6.36. The highest BCUT2D eigenvalue weighted by atomic mass is 35.5. The third-order valence-electron chi connectivity index (χ3n) is 2.82. The van der Waals surface area contributed by atoms with Crippen molar-refractivity contribution in [2.75, 3.05) is 12.1 Å². The number of amides is 1. The molecule has 1 aliphatic rings. The molecule has 0 aromatic heterocycles. The van der Waals surface area contributed by atoms with Crippen LogP contribution in [-0.2, 0) is 4.84 Å². The average molecular weight is 319 g/mol. The predicted octanol–water partition coefficient (Wildman–Crippen LogP) is 3.65. The third-order valence-corrected chi connectivity index (χ3v) is 3.08. The van der Waals surface area contributed by atoms with E-state index in [1.165, 1.54) is 6.21 Å². The molecule has 0 fully saturated rings. The molecule has 0 saturated carbocycles. The number of rotatable bonds is 3. The van der Waals surface area contributed by atoms with Crippen LogP contribution in [0.15, 0.2) is 47.6 Å². The topological polar surface area (TPSA) is 69.2 Å². The van der Waals surface area contributed by atoms with Gasteiger partial charge in [0.25, 0.3) is 0 Å². The fraction of sp³-hybridized carbons (Fsp3) is 0.0667. The van der Waals surface area contributed by atoms with Gasteiger partial charge in [-0.1, -0.05) is 16.8 Å². The molecule has 1 aliphatic heterocycles. The van der Waals surface area contributed by atoms with E-state index in [2.05, 4.69) is 10.5 Å². The zero-order valence-electron chi connectivity index (χ0n) is 11.3. The van der Waals surface area contributed by atoms with E-state index in [-0.39, 0.29) is 6.79 Å². The molecule has 0 bridgehead atoms. The Morgan fingerprint density at radius 2 is 1.95 bits per heavy atom. The molecule has 22 heavy (non-hydrogen) atoms. The van der Waals surface area contributed by atoms with Crippen LogP contribution in [-0.4, -0.2) is 19.1 Å². The van der Waals surface area contributed by atoms with Crippen LogP contribution in [0.25, 0.3) is 0 Å². The predicted molar refractivity (Wildman–Crippen MR) is 81.7 cm³/mol. The van der Waals surface area contributed by atoms with Gasteiger partial charge in [0.05, 0.1) is 6.21 Å². The second-order valence-corrected chi connectivity index (χ2v) is 4.79. The number of carbonyl (C=O) groups excluding carboxylic acids is 1. The molecule has 0 saturated heterocycles. The Labute approximate surface area is 131 Å². The first-order valence-electron chi connectivity index (χ1n) is 6.37. The normalized spacial score (nSPS) is 12.4. The molecule has 1 amide bonds. The van der Waals surface area contributed by atoms with E-state index in [0.717, 1.165) is 5.56 Å². The summed E-state index contributed by atoms with van der Waals surface area (Å²) in [6.45, 7) is 0.204. The summed E-state index contributed by atoms with van der Waals surface area (Å²) in [6.07, 6.45) is 0.711. The number of carbonyl (C=O) groups is 1. The van der Waals surface area contributed by atoms with Crippen LogP contribution < -0.4 is 14.8 Å². The molecule has 1 heterocycles. The minimum atomic E-state index is -0.695. The molecule has 0 spiro atoms. The fourth-order valence-corrected chi connectivity index (χ4v) is 1.93. The quantitative estimate of drug-likeness (QED) is 0.533. The van der Waals surface area contributed by atoms with Crippen molar-refractivity contribution >= 4 is 29.6 Å². The molecule has 0 unspecified atom stereocenters. The van der Waals surface area contributed by atoms with Gasteiger partial charge in [0, 0.05) is 16.3 Å². The summed E-state index contributed by atoms with van der Waals surface area (Å²) >= 11 is 5.75. The van der Waals surface area contributed by atoms with Gasteiger partial charge in [-0.15, -0.1) is 0 Å². The number of fused-ring (bicyclic) bond motifs is 1. The van der Waals surface area contributed by atoms with Gasteiger partial charge in [0.2, 0.25) is 6.79 Å². The minimum Gasteiger partial charge on any atom is -0.454 e. The Kier molecular flexibility index (Phi) is 4.11. The highest BCUT2D eigenvalue weighted by molar-refractivity contribution is 6.30. The molecule has 112 valence electrons. The maximum atomic E-state index is 11.6. The molecule has 1 N–H and O–H groups in total. The highest BCUT2D eigenvalue weighted by Gasteiger charge is 2.12. The lowest BCUT2D eigenvalue weighted by Crippen LogP contribution is -2.10. The number of hydrogen-bond acceptors (Lipinski definition) is 5. The number of oxime groups is 1. The zero-order chi connectivity index (χ0) is 15.4. The molecule has 0 aliphatic carbocycles. The van der Waals surface area contributed by atoms with E-state index in [4.69, 9.17) is 25.9 Å². The Bertz CT molecular complexity index is 716. The van der Waals surface area contributed by atoms with Crippen LogP contribution in [0, 0.1) is 0 Å². The number of ether oxygens (including phenoxy) is 2. The molecule has 3 rings (SSSR count). The van der Waals surface area contributed by atoms with Gasteiger partial charge in [0.1, 0.15) is 0 Å². The Morgan fingerprint density at radius 3 is 2.77 bits per heavy atom. The Balaban J connectivity index is 1.55. The van der Waals surface area contributed by atoms with E-state index >= 15 is 0 Å². The SMILES string of the molecule is O=C(Nc1ccc(Cl)cc1)O/N=C/c1ccc2c(c1)OCO2. The summed E-state index contributed by atoms with van der Waals surface area (Å²) in [7, 11) is 0. The highest BCUT2D eigenvalue weighted by Crippen LogP contribution is 2.31. The maximum absolute atomic E-state index is 11.6. The first-order valence-corrected chi connectivity index (χ1v) is 6.75. The van der Waals surface area contributed by atoms with Crippen LogP contribution in [0.2, 0.25) is 5.02 Å². The summed E-state index contributed by atoms with van der Waals surface area (Å²) < 4.78 is 10.4. The molecule has 0 atom stereocenters. The molecule has 2 aromatic rings. The van der Waals surface area contributed by atoms with E-state index in [1.807, 2.05) is 0 Å². The molecular weight excluding hydrogens is 308 g/mol. The van der Waals surface area contributed by atoms with Crippen LogP contribution in [0.1, 0.15) is 5.56 Å². The largest absolute Gasteiger partial charge is 0.454 e. The molecule has 2 aromatic carbocycles. The zero-order valence-corrected chi connectivity index (χ0v) is 12.0. The summed E-state index contributed by atoms with van der Waals surface area (Å²) in [5.41, 5.74) is 1.29. The van der Waals surface area contributed by atoms with Crippen molar-refractivity contribution in [2.24, 2.45) is 5.16 Å². The third kappa shape index (κ3) is 3.48. The van der Waals surface area contributed by atoms with Crippen molar-refractivity contribution in [3.63, 3.8) is 0 Å². The second-order valence-electron chi connectivity index (χ2n) is 4.36. The van der Waals surface area contributed by atoms with Gasteiger partial charge in [-0.05, 0) is 42.5 Å². The smallest absolute Gasteiger partial charge is 0.437 e. The van der Waals surface area contributed by atoms with Crippen molar-refractivity contribution in [1.29, 1.82) is 0 Å². The number of benzene rings is 2. The van der Waals surface area contributed by atoms with Gasteiger partial charge >= 0.3 is 6.09 Å². The summed E-state index contributed by atoms with van der Waals surface area (Å²) in [5.74, 6) is 1.31. The van der Waals surface area contributed by atoms with Crippen LogP contribution in [0.5, 0.6) is 11.5 Å². The van der Waals surface area contributed by atoms with Crippen molar-refractivity contribution < 1.29 is 19.1 Å². The first-order chi connectivity index (χ1) is 10.7. The standard InChI is InChI=1S/C15H11ClN2O4/c16-11-2-4-12(5-3-11)18-15(19)22-17-8-10-1-6-13-14(7-10)21-9-20-13/h1-8H,9H2,(H,18,19)/b17-8+. The van der Waals surface area contributed by atoms with Crippen LogP contribution in [0.4, 0.5) is 10.5 Å². The summed E-state index contributed by atoms with van der Waals surface area (Å²) in [5, 5.41) is 6.72. The maximum Gasteiger partial charge on any atom is 0.437 e. The van der Waals surface area contributed by atoms with Gasteiger partial charge in [-0.2, -0.15) is 0 Å². The Hall–Kier alpha value is -2.73. The summed E-state index contributed by atoms with van der Waals surface area (Å²) in [4.78, 5) is 16.3. The van der Waals surface area contributed by atoms with Gasteiger partial charge in [0.15, 0.2) is 11.5 Å². The molecule has 6 nitrogen and oxygen atoms in total. The van der Waals surface area contributed by atoms with Gasteiger partial charge < -0.3 is 9.47 Å². The monoisotopic (exact) mass is 318 g/mol. The Morgan fingerprint density at radius 1 is 1.18 bits per heavy atom. The van der Waals surface area contributed by atoms with Crippen molar-refractivity contribution in [2.45, 2.75) is 0 Å². The molecular formula is C15H11ClN2O4. The van der Waals surface area contributed by atoms with Crippen molar-refractivity contribution in [1.82, 2.24) is 0 Å². The van der Waals surface area contributed by atoms with E-state index < -0.39 is 6.09 Å². The number of halogens is 1. The van der Waals surface area contributed by atoms with E-state index in [9.17, 15) is 4.79 Å². The van der Waals surface area contributed by atoms with Crippen LogP contribution >= 0.6 is 11.6 Å². The summed E-state index contributed by atoms with van der Waals surface area (Å²) in [6, 6.07) is 11.9. The van der Waals surface area contributed by atoms with Crippen LogP contribution in [0.3, 0.4) is 0 Å².